The zero-order valence-electron chi connectivity index (χ0n) is 10.9. The fraction of sp³-hybridized carbons (Fsp3) is 1.00. The lowest BCUT2D eigenvalue weighted by molar-refractivity contribution is -0.109. The highest BCUT2D eigenvalue weighted by Crippen LogP contribution is 2.57. The largest absolute Gasteiger partial charge is 0.326 e. The Morgan fingerprint density at radius 2 is 1.53 bits per heavy atom. The second kappa shape index (κ2) is 3.71. The first-order valence-electron chi connectivity index (χ1n) is 7.78. The molecule has 4 saturated carbocycles. The SMILES string of the molecule is NC1C2CC3CC(C2)CC1(N1CCCCC1)C3. The van der Waals surface area contributed by atoms with Crippen molar-refractivity contribution in [1.82, 2.24) is 4.90 Å². The summed E-state index contributed by atoms with van der Waals surface area (Å²) in [6.45, 7) is 2.67. The molecule has 0 spiro atoms. The van der Waals surface area contributed by atoms with Crippen molar-refractivity contribution in [2.75, 3.05) is 13.1 Å². The molecule has 0 aromatic heterocycles. The van der Waals surface area contributed by atoms with E-state index in [0.29, 0.717) is 11.6 Å². The van der Waals surface area contributed by atoms with Gasteiger partial charge in [-0.05, 0) is 75.8 Å². The van der Waals surface area contributed by atoms with Crippen LogP contribution in [0.3, 0.4) is 0 Å². The molecule has 5 fully saturated rings. The molecule has 0 radical (unpaired) electrons. The Bertz CT molecular complexity index is 294. The standard InChI is InChI=1S/C15H26N2/c16-14-13-7-11-6-12(8-13)10-15(14,9-11)17-4-2-1-3-5-17/h11-14H,1-10,16H2. The fourth-order valence-electron chi connectivity index (χ4n) is 5.85. The number of piperidine rings is 1. The number of hydrogen-bond acceptors (Lipinski definition) is 2. The first-order valence-corrected chi connectivity index (χ1v) is 7.78. The molecule has 0 aromatic carbocycles. The first kappa shape index (κ1) is 10.8. The maximum Gasteiger partial charge on any atom is 0.0368 e. The van der Waals surface area contributed by atoms with Crippen LogP contribution in [-0.2, 0) is 0 Å². The minimum absolute atomic E-state index is 0.440. The molecule has 2 heteroatoms. The quantitative estimate of drug-likeness (QED) is 0.755. The van der Waals surface area contributed by atoms with Gasteiger partial charge in [-0.15, -0.1) is 0 Å². The molecule has 5 rings (SSSR count). The van der Waals surface area contributed by atoms with Crippen LogP contribution in [-0.4, -0.2) is 29.6 Å². The summed E-state index contributed by atoms with van der Waals surface area (Å²) in [4.78, 5) is 2.83. The van der Waals surface area contributed by atoms with Crippen LogP contribution in [0, 0.1) is 17.8 Å². The van der Waals surface area contributed by atoms with Crippen molar-refractivity contribution in [2.45, 2.75) is 62.9 Å². The van der Waals surface area contributed by atoms with Crippen LogP contribution in [0.25, 0.3) is 0 Å². The van der Waals surface area contributed by atoms with E-state index in [1.165, 1.54) is 64.5 Å². The molecule has 3 atom stereocenters. The van der Waals surface area contributed by atoms with E-state index in [2.05, 4.69) is 4.90 Å². The zero-order chi connectivity index (χ0) is 11.5. The van der Waals surface area contributed by atoms with E-state index in [4.69, 9.17) is 5.73 Å². The zero-order valence-corrected chi connectivity index (χ0v) is 10.9. The number of hydrogen-bond donors (Lipinski definition) is 1. The average Bonchev–Trinajstić information content (AvgIpc) is 2.36. The molecule has 2 N–H and O–H groups in total. The van der Waals surface area contributed by atoms with Crippen molar-refractivity contribution in [1.29, 1.82) is 0 Å². The maximum absolute atomic E-state index is 6.69. The predicted octanol–water partition coefficient (Wildman–Crippen LogP) is 2.38. The molecular weight excluding hydrogens is 208 g/mol. The fourth-order valence-corrected chi connectivity index (χ4v) is 5.85. The van der Waals surface area contributed by atoms with Gasteiger partial charge in [0.05, 0.1) is 0 Å². The minimum atomic E-state index is 0.440. The van der Waals surface area contributed by atoms with Gasteiger partial charge in [-0.2, -0.15) is 0 Å². The third kappa shape index (κ3) is 1.46. The van der Waals surface area contributed by atoms with E-state index < -0.39 is 0 Å². The van der Waals surface area contributed by atoms with Gasteiger partial charge in [-0.25, -0.2) is 0 Å². The van der Waals surface area contributed by atoms with Crippen molar-refractivity contribution in [3.05, 3.63) is 0 Å². The number of likely N-dealkylation sites (tertiary alicyclic amines) is 1. The molecule has 1 heterocycles. The first-order chi connectivity index (χ1) is 8.28. The summed E-state index contributed by atoms with van der Waals surface area (Å²) in [6, 6.07) is 0.494. The van der Waals surface area contributed by atoms with Crippen molar-refractivity contribution in [2.24, 2.45) is 23.5 Å². The van der Waals surface area contributed by atoms with E-state index in [1.807, 2.05) is 0 Å². The van der Waals surface area contributed by atoms with Crippen molar-refractivity contribution >= 4 is 0 Å². The van der Waals surface area contributed by atoms with Gasteiger partial charge in [-0.3, -0.25) is 4.90 Å². The van der Waals surface area contributed by atoms with Crippen LogP contribution < -0.4 is 5.73 Å². The second-order valence-corrected chi connectivity index (χ2v) is 7.28. The molecular formula is C15H26N2. The van der Waals surface area contributed by atoms with Crippen LogP contribution in [0.15, 0.2) is 0 Å². The predicted molar refractivity (Wildman–Crippen MR) is 69.7 cm³/mol. The van der Waals surface area contributed by atoms with Crippen LogP contribution in [0.4, 0.5) is 0 Å². The third-order valence-electron chi connectivity index (χ3n) is 6.34. The van der Waals surface area contributed by atoms with E-state index in [9.17, 15) is 0 Å². The lowest BCUT2D eigenvalue weighted by Gasteiger charge is -2.64. The molecule has 0 amide bonds. The summed E-state index contributed by atoms with van der Waals surface area (Å²) in [7, 11) is 0. The van der Waals surface area contributed by atoms with E-state index in [-0.39, 0.29) is 0 Å². The molecule has 1 aliphatic heterocycles. The van der Waals surface area contributed by atoms with Gasteiger partial charge >= 0.3 is 0 Å². The Morgan fingerprint density at radius 1 is 0.882 bits per heavy atom. The summed E-state index contributed by atoms with van der Waals surface area (Å²) in [5.41, 5.74) is 7.13. The highest BCUT2D eigenvalue weighted by atomic mass is 15.2. The van der Waals surface area contributed by atoms with Crippen LogP contribution in [0.5, 0.6) is 0 Å². The van der Waals surface area contributed by atoms with Crippen LogP contribution >= 0.6 is 0 Å². The normalized spacial score (nSPS) is 54.2. The lowest BCUT2D eigenvalue weighted by atomic mass is 9.50. The van der Waals surface area contributed by atoms with Gasteiger partial charge in [0.15, 0.2) is 0 Å². The molecule has 4 bridgehead atoms. The summed E-state index contributed by atoms with van der Waals surface area (Å²) in [5, 5.41) is 0. The molecule has 1 saturated heterocycles. The van der Waals surface area contributed by atoms with Crippen molar-refractivity contribution in [3.8, 4) is 0 Å². The molecule has 2 nitrogen and oxygen atoms in total. The Morgan fingerprint density at radius 3 is 2.18 bits per heavy atom. The maximum atomic E-state index is 6.69. The van der Waals surface area contributed by atoms with Crippen LogP contribution in [0.1, 0.15) is 51.4 Å². The average molecular weight is 234 g/mol. The van der Waals surface area contributed by atoms with Gasteiger partial charge in [0.2, 0.25) is 0 Å². The summed E-state index contributed by atoms with van der Waals surface area (Å²) < 4.78 is 0. The topological polar surface area (TPSA) is 29.3 Å². The summed E-state index contributed by atoms with van der Waals surface area (Å²) in [5.74, 6) is 2.91. The number of nitrogens with two attached hydrogens (primary N) is 1. The van der Waals surface area contributed by atoms with Crippen molar-refractivity contribution in [3.63, 3.8) is 0 Å². The van der Waals surface area contributed by atoms with Crippen LogP contribution in [0.2, 0.25) is 0 Å². The smallest absolute Gasteiger partial charge is 0.0368 e. The van der Waals surface area contributed by atoms with Gasteiger partial charge in [0, 0.05) is 11.6 Å². The summed E-state index contributed by atoms with van der Waals surface area (Å²) in [6.07, 6.45) is 11.6. The molecule has 3 unspecified atom stereocenters. The highest BCUT2D eigenvalue weighted by Gasteiger charge is 2.57. The molecule has 17 heavy (non-hydrogen) atoms. The Labute approximate surface area is 105 Å². The van der Waals surface area contributed by atoms with Gasteiger partial charge in [-0.1, -0.05) is 6.42 Å². The lowest BCUT2D eigenvalue weighted by Crippen LogP contribution is -2.71. The second-order valence-electron chi connectivity index (χ2n) is 7.28. The molecule has 96 valence electrons. The highest BCUT2D eigenvalue weighted by molar-refractivity contribution is 5.14. The third-order valence-corrected chi connectivity index (χ3v) is 6.34. The Kier molecular flexibility index (Phi) is 2.36. The van der Waals surface area contributed by atoms with E-state index in [1.54, 1.807) is 0 Å². The Hall–Kier alpha value is -0.0800. The van der Waals surface area contributed by atoms with Gasteiger partial charge < -0.3 is 5.73 Å². The molecule has 0 aromatic rings. The number of nitrogens with zero attached hydrogens (tertiary/aromatic N) is 1. The summed E-state index contributed by atoms with van der Waals surface area (Å²) >= 11 is 0. The molecule has 4 aliphatic carbocycles. The number of rotatable bonds is 1. The van der Waals surface area contributed by atoms with E-state index >= 15 is 0 Å². The van der Waals surface area contributed by atoms with Gasteiger partial charge in [0.1, 0.15) is 0 Å². The minimum Gasteiger partial charge on any atom is -0.326 e. The van der Waals surface area contributed by atoms with Gasteiger partial charge in [0.25, 0.3) is 0 Å². The monoisotopic (exact) mass is 234 g/mol. The molecule has 5 aliphatic rings. The van der Waals surface area contributed by atoms with Crippen molar-refractivity contribution < 1.29 is 0 Å². The van der Waals surface area contributed by atoms with E-state index in [0.717, 1.165) is 17.8 Å². The Balaban J connectivity index is 1.66.